The fraction of sp³-hybridized carbons (Fsp3) is 0.130. The highest BCUT2D eigenvalue weighted by molar-refractivity contribution is 6.39. The van der Waals surface area contributed by atoms with E-state index in [9.17, 15) is 14.4 Å². The van der Waals surface area contributed by atoms with Crippen molar-refractivity contribution in [2.75, 3.05) is 11.7 Å². The van der Waals surface area contributed by atoms with Crippen LogP contribution in [-0.2, 0) is 9.59 Å². The number of pyridine rings is 1. The second kappa shape index (κ2) is 7.38. The molecule has 0 bridgehead atoms. The lowest BCUT2D eigenvalue weighted by atomic mass is 10.1. The molecule has 2 aromatic heterocycles. The van der Waals surface area contributed by atoms with Crippen LogP contribution in [0.2, 0.25) is 0 Å². The lowest BCUT2D eigenvalue weighted by Gasteiger charge is -2.26. The van der Waals surface area contributed by atoms with Crippen molar-refractivity contribution in [1.29, 1.82) is 0 Å². The molecule has 2 aliphatic rings. The van der Waals surface area contributed by atoms with E-state index in [1.54, 1.807) is 12.1 Å². The molecular weight excluding hydrogens is 412 g/mol. The van der Waals surface area contributed by atoms with Gasteiger partial charge in [0.2, 0.25) is 6.79 Å². The molecule has 160 valence electrons. The molecule has 4 heterocycles. The zero-order valence-corrected chi connectivity index (χ0v) is 17.3. The molecule has 0 unspecified atom stereocenters. The van der Waals surface area contributed by atoms with Gasteiger partial charge in [-0.05, 0) is 55.8 Å². The molecule has 1 aromatic carbocycles. The highest BCUT2D eigenvalue weighted by Crippen LogP contribution is 2.35. The van der Waals surface area contributed by atoms with Gasteiger partial charge in [-0.2, -0.15) is 0 Å². The number of imide groups is 2. The lowest BCUT2D eigenvalue weighted by Crippen LogP contribution is -2.54. The van der Waals surface area contributed by atoms with Crippen LogP contribution in [0.1, 0.15) is 17.0 Å². The van der Waals surface area contributed by atoms with Crippen molar-refractivity contribution < 1.29 is 23.9 Å². The summed E-state index contributed by atoms with van der Waals surface area (Å²) in [5, 5.41) is 2.22. The van der Waals surface area contributed by atoms with Gasteiger partial charge in [-0.25, -0.2) is 9.69 Å². The van der Waals surface area contributed by atoms with Crippen LogP contribution in [0, 0.1) is 13.8 Å². The number of anilines is 1. The number of carbonyl (C=O) groups excluding carboxylic acids is 3. The fourth-order valence-corrected chi connectivity index (χ4v) is 3.89. The van der Waals surface area contributed by atoms with E-state index in [4.69, 9.17) is 9.47 Å². The summed E-state index contributed by atoms with van der Waals surface area (Å²) >= 11 is 0. The zero-order valence-electron chi connectivity index (χ0n) is 17.3. The van der Waals surface area contributed by atoms with E-state index in [2.05, 4.69) is 10.3 Å². The van der Waals surface area contributed by atoms with Crippen LogP contribution < -0.4 is 19.7 Å². The van der Waals surface area contributed by atoms with E-state index in [-0.39, 0.29) is 18.1 Å². The average Bonchev–Trinajstić information content (AvgIpc) is 3.35. The van der Waals surface area contributed by atoms with E-state index in [1.807, 2.05) is 42.7 Å². The summed E-state index contributed by atoms with van der Waals surface area (Å²) in [4.78, 5) is 42.7. The molecule has 1 N–H and O–H groups in total. The van der Waals surface area contributed by atoms with Crippen molar-refractivity contribution in [3.63, 3.8) is 0 Å². The van der Waals surface area contributed by atoms with Gasteiger partial charge in [-0.1, -0.05) is 0 Å². The number of ether oxygens (including phenoxy) is 2. The number of amides is 4. The Kier molecular flexibility index (Phi) is 4.51. The standard InChI is InChI=1S/C23H18N4O5/c1-13-8-15(14(2)26(13)16-5-6-19-20(10-16)32-12-31-19)9-18-21(28)25-23(30)27(22(18)29)17-4-3-7-24-11-17/h3-11H,12H2,1-2H3,(H,25,28,30)/b18-9+. The predicted molar refractivity (Wildman–Crippen MR) is 115 cm³/mol. The van der Waals surface area contributed by atoms with Gasteiger partial charge in [0.25, 0.3) is 11.8 Å². The molecule has 5 rings (SSSR count). The van der Waals surface area contributed by atoms with Gasteiger partial charge in [-0.3, -0.25) is 19.9 Å². The molecule has 0 saturated carbocycles. The van der Waals surface area contributed by atoms with E-state index < -0.39 is 17.8 Å². The summed E-state index contributed by atoms with van der Waals surface area (Å²) < 4.78 is 12.8. The molecule has 0 aliphatic carbocycles. The number of aromatic nitrogens is 2. The molecular formula is C23H18N4O5. The normalized spacial score (nSPS) is 16.6. The first-order valence-corrected chi connectivity index (χ1v) is 9.84. The number of aryl methyl sites for hydroxylation is 1. The number of hydrogen-bond donors (Lipinski definition) is 1. The van der Waals surface area contributed by atoms with Crippen LogP contribution >= 0.6 is 0 Å². The van der Waals surface area contributed by atoms with E-state index in [0.29, 0.717) is 17.1 Å². The summed E-state index contributed by atoms with van der Waals surface area (Å²) in [6.07, 6.45) is 4.42. The lowest BCUT2D eigenvalue weighted by molar-refractivity contribution is -0.122. The maximum Gasteiger partial charge on any atom is 0.336 e. The predicted octanol–water partition coefficient (Wildman–Crippen LogP) is 2.88. The summed E-state index contributed by atoms with van der Waals surface area (Å²) in [5.41, 5.74) is 3.40. The number of carbonyl (C=O) groups is 3. The number of urea groups is 1. The maximum absolute atomic E-state index is 13.1. The molecule has 4 amide bonds. The first-order chi connectivity index (χ1) is 15.4. The maximum atomic E-state index is 13.1. The Morgan fingerprint density at radius 2 is 1.84 bits per heavy atom. The van der Waals surface area contributed by atoms with Gasteiger partial charge >= 0.3 is 6.03 Å². The summed E-state index contributed by atoms with van der Waals surface area (Å²) in [5.74, 6) is -0.113. The highest BCUT2D eigenvalue weighted by Gasteiger charge is 2.37. The van der Waals surface area contributed by atoms with Gasteiger partial charge in [-0.15, -0.1) is 0 Å². The van der Waals surface area contributed by atoms with Crippen molar-refractivity contribution in [2.45, 2.75) is 13.8 Å². The topological polar surface area (TPSA) is 103 Å². The van der Waals surface area contributed by atoms with Crippen molar-refractivity contribution in [1.82, 2.24) is 14.9 Å². The molecule has 0 radical (unpaired) electrons. The minimum Gasteiger partial charge on any atom is -0.454 e. The molecule has 0 spiro atoms. The van der Waals surface area contributed by atoms with Gasteiger partial charge < -0.3 is 14.0 Å². The van der Waals surface area contributed by atoms with E-state index in [1.165, 1.54) is 18.5 Å². The Bertz CT molecular complexity index is 1310. The van der Waals surface area contributed by atoms with Crippen LogP contribution in [0.15, 0.2) is 54.4 Å². The van der Waals surface area contributed by atoms with Crippen LogP contribution in [-0.4, -0.2) is 34.2 Å². The van der Waals surface area contributed by atoms with Gasteiger partial charge in [0, 0.05) is 29.3 Å². The summed E-state index contributed by atoms with van der Waals surface area (Å²) in [6, 6.07) is 9.86. The Morgan fingerprint density at radius 1 is 1.03 bits per heavy atom. The Balaban J connectivity index is 1.55. The number of fused-ring (bicyclic) bond motifs is 1. The molecule has 3 aromatic rings. The van der Waals surface area contributed by atoms with Crippen molar-refractivity contribution in [2.24, 2.45) is 0 Å². The largest absolute Gasteiger partial charge is 0.454 e. The second-order valence-electron chi connectivity index (χ2n) is 7.37. The molecule has 9 nitrogen and oxygen atoms in total. The minimum atomic E-state index is -0.809. The third-order valence-electron chi connectivity index (χ3n) is 5.39. The monoisotopic (exact) mass is 430 g/mol. The zero-order chi connectivity index (χ0) is 22.4. The molecule has 32 heavy (non-hydrogen) atoms. The first kappa shape index (κ1) is 19.6. The summed E-state index contributed by atoms with van der Waals surface area (Å²) in [7, 11) is 0. The molecule has 1 fully saturated rings. The van der Waals surface area contributed by atoms with Crippen molar-refractivity contribution in [3.8, 4) is 17.2 Å². The number of hydrogen-bond acceptors (Lipinski definition) is 6. The second-order valence-corrected chi connectivity index (χ2v) is 7.37. The van der Waals surface area contributed by atoms with E-state index in [0.717, 1.165) is 22.0 Å². The fourth-order valence-electron chi connectivity index (χ4n) is 3.89. The van der Waals surface area contributed by atoms with Gasteiger partial charge in [0.05, 0.1) is 11.9 Å². The van der Waals surface area contributed by atoms with Crippen LogP contribution in [0.25, 0.3) is 11.8 Å². The number of nitrogens with zero attached hydrogens (tertiary/aromatic N) is 3. The van der Waals surface area contributed by atoms with Gasteiger partial charge in [0.1, 0.15) is 5.57 Å². The Morgan fingerprint density at radius 3 is 2.62 bits per heavy atom. The number of benzene rings is 1. The Labute approximate surface area is 182 Å². The Hall–Kier alpha value is -4.40. The first-order valence-electron chi connectivity index (χ1n) is 9.84. The van der Waals surface area contributed by atoms with Crippen LogP contribution in [0.3, 0.4) is 0 Å². The third kappa shape index (κ3) is 3.11. The smallest absolute Gasteiger partial charge is 0.336 e. The average molecular weight is 430 g/mol. The van der Waals surface area contributed by atoms with Crippen LogP contribution in [0.4, 0.5) is 10.5 Å². The number of rotatable bonds is 3. The number of barbiturate groups is 1. The highest BCUT2D eigenvalue weighted by atomic mass is 16.7. The minimum absolute atomic E-state index is 0.139. The molecule has 0 atom stereocenters. The molecule has 2 aliphatic heterocycles. The number of nitrogens with one attached hydrogen (secondary N) is 1. The third-order valence-corrected chi connectivity index (χ3v) is 5.39. The van der Waals surface area contributed by atoms with Crippen LogP contribution in [0.5, 0.6) is 11.5 Å². The summed E-state index contributed by atoms with van der Waals surface area (Å²) in [6.45, 7) is 4.00. The molecule has 9 heteroatoms. The van der Waals surface area contributed by atoms with Crippen molar-refractivity contribution in [3.05, 3.63) is 71.3 Å². The van der Waals surface area contributed by atoms with E-state index >= 15 is 0 Å². The molecule has 1 saturated heterocycles. The quantitative estimate of drug-likeness (QED) is 0.506. The van der Waals surface area contributed by atoms with Crippen molar-refractivity contribution >= 4 is 29.6 Å². The van der Waals surface area contributed by atoms with Gasteiger partial charge in [0.15, 0.2) is 11.5 Å². The SMILES string of the molecule is Cc1cc(/C=C2\C(=O)NC(=O)N(c3cccnc3)C2=O)c(C)n1-c1ccc2c(c1)OCO2.